The summed E-state index contributed by atoms with van der Waals surface area (Å²) >= 11 is 0. The molecule has 0 saturated carbocycles. The molecule has 1 saturated heterocycles. The van der Waals surface area contributed by atoms with Gasteiger partial charge in [-0.1, -0.05) is 6.92 Å². The highest BCUT2D eigenvalue weighted by atomic mass is 15.2. The molecule has 2 rings (SSSR count). The molecule has 0 amide bonds. The highest BCUT2D eigenvalue weighted by Gasteiger charge is 2.14. The lowest BCUT2D eigenvalue weighted by Crippen LogP contribution is -2.29. The maximum Gasteiger partial charge on any atom is 0.0771 e. The summed E-state index contributed by atoms with van der Waals surface area (Å²) < 4.78 is 0. The monoisotopic (exact) mass is 206 g/mol. The lowest BCUT2D eigenvalue weighted by molar-refractivity contribution is 0.253. The Hall–Kier alpha value is -1.00. The number of hydrogen-bond donors (Lipinski definition) is 1. The van der Waals surface area contributed by atoms with E-state index in [1.165, 1.54) is 0 Å². The Morgan fingerprint density at radius 3 is 3.33 bits per heavy atom. The van der Waals surface area contributed by atoms with Crippen molar-refractivity contribution >= 4 is 0 Å². The molecule has 1 atom stereocenters. The van der Waals surface area contributed by atoms with E-state index in [1.807, 2.05) is 12.1 Å². The van der Waals surface area contributed by atoms with Gasteiger partial charge in [0, 0.05) is 32.4 Å². The van der Waals surface area contributed by atoms with E-state index in [4.69, 9.17) is 0 Å². The fourth-order valence-electron chi connectivity index (χ4n) is 1.97. The molecule has 0 aromatic carbocycles. The van der Waals surface area contributed by atoms with E-state index in [2.05, 4.69) is 27.3 Å². The number of nitrogens with one attached hydrogen (secondary N) is 1. The molecule has 4 nitrogen and oxygen atoms in total. The Balaban J connectivity index is 1.93. The molecule has 4 heteroatoms. The molecule has 2 heterocycles. The number of hydrogen-bond acceptors (Lipinski definition) is 4. The van der Waals surface area contributed by atoms with Gasteiger partial charge in [-0.05, 0) is 24.6 Å². The van der Waals surface area contributed by atoms with Crippen molar-refractivity contribution < 1.29 is 0 Å². The molecule has 0 bridgehead atoms. The van der Waals surface area contributed by atoms with E-state index in [9.17, 15) is 0 Å². The first-order chi connectivity index (χ1) is 7.34. The number of aromatic nitrogens is 2. The molecule has 1 N–H and O–H groups in total. The summed E-state index contributed by atoms with van der Waals surface area (Å²) in [5, 5.41) is 11.5. The zero-order chi connectivity index (χ0) is 10.5. The van der Waals surface area contributed by atoms with Crippen LogP contribution in [0.3, 0.4) is 0 Å². The molecule has 1 aliphatic rings. The van der Waals surface area contributed by atoms with Gasteiger partial charge in [-0.25, -0.2) is 0 Å². The predicted molar refractivity (Wildman–Crippen MR) is 59.3 cm³/mol. The maximum absolute atomic E-state index is 4.12. The van der Waals surface area contributed by atoms with Crippen LogP contribution in [0.4, 0.5) is 0 Å². The quantitative estimate of drug-likeness (QED) is 0.766. The minimum absolute atomic E-state index is 0.712. The Labute approximate surface area is 90.7 Å². The summed E-state index contributed by atoms with van der Waals surface area (Å²) in [6.07, 6.45) is 1.72. The van der Waals surface area contributed by atoms with Gasteiger partial charge in [-0.15, -0.1) is 0 Å². The van der Waals surface area contributed by atoms with Crippen molar-refractivity contribution in [2.75, 3.05) is 26.2 Å². The van der Waals surface area contributed by atoms with Crippen LogP contribution in [0.1, 0.15) is 12.6 Å². The van der Waals surface area contributed by atoms with Gasteiger partial charge >= 0.3 is 0 Å². The first kappa shape index (κ1) is 10.5. The molecule has 15 heavy (non-hydrogen) atoms. The Kier molecular flexibility index (Phi) is 3.64. The van der Waals surface area contributed by atoms with Crippen LogP contribution >= 0.6 is 0 Å². The third kappa shape index (κ3) is 3.25. The third-order valence-corrected chi connectivity index (χ3v) is 2.68. The summed E-state index contributed by atoms with van der Waals surface area (Å²) in [4.78, 5) is 2.44. The van der Waals surface area contributed by atoms with Gasteiger partial charge in [0.05, 0.1) is 5.69 Å². The average molecular weight is 206 g/mol. The van der Waals surface area contributed by atoms with Crippen molar-refractivity contribution in [2.24, 2.45) is 5.92 Å². The van der Waals surface area contributed by atoms with Crippen molar-refractivity contribution in [2.45, 2.75) is 13.5 Å². The minimum atomic E-state index is 0.712. The van der Waals surface area contributed by atoms with Gasteiger partial charge < -0.3 is 5.32 Å². The van der Waals surface area contributed by atoms with Crippen LogP contribution in [0.5, 0.6) is 0 Å². The van der Waals surface area contributed by atoms with Crippen LogP contribution < -0.4 is 5.32 Å². The van der Waals surface area contributed by atoms with Crippen LogP contribution in [-0.4, -0.2) is 41.3 Å². The van der Waals surface area contributed by atoms with Gasteiger partial charge in [-0.3, -0.25) is 4.90 Å². The summed E-state index contributed by atoms with van der Waals surface area (Å²) in [6.45, 7) is 7.63. The first-order valence-electron chi connectivity index (χ1n) is 5.54. The summed E-state index contributed by atoms with van der Waals surface area (Å²) in [7, 11) is 0. The van der Waals surface area contributed by atoms with Crippen LogP contribution in [0.2, 0.25) is 0 Å². The molecule has 1 fully saturated rings. The summed E-state index contributed by atoms with van der Waals surface area (Å²) in [5.74, 6) is 0.712. The fourth-order valence-corrected chi connectivity index (χ4v) is 1.97. The lowest BCUT2D eigenvalue weighted by Gasteiger charge is -2.20. The Bertz CT molecular complexity index is 288. The smallest absolute Gasteiger partial charge is 0.0771 e. The van der Waals surface area contributed by atoms with Gasteiger partial charge in [0.15, 0.2) is 0 Å². The maximum atomic E-state index is 4.12. The molecule has 0 radical (unpaired) electrons. The second-order valence-electron chi connectivity index (χ2n) is 4.26. The molecule has 1 aromatic rings. The van der Waals surface area contributed by atoms with Gasteiger partial charge in [0.25, 0.3) is 0 Å². The van der Waals surface area contributed by atoms with E-state index in [0.717, 1.165) is 38.4 Å². The zero-order valence-electron chi connectivity index (χ0n) is 9.19. The molecule has 0 aliphatic carbocycles. The highest BCUT2D eigenvalue weighted by Crippen LogP contribution is 2.06. The van der Waals surface area contributed by atoms with Crippen molar-refractivity contribution in [3.05, 3.63) is 24.0 Å². The third-order valence-electron chi connectivity index (χ3n) is 2.68. The summed E-state index contributed by atoms with van der Waals surface area (Å²) in [5.41, 5.74) is 1.06. The normalized spacial score (nSPS) is 23.7. The van der Waals surface area contributed by atoms with Crippen molar-refractivity contribution in [1.82, 2.24) is 20.4 Å². The molecule has 1 aliphatic heterocycles. The number of rotatable bonds is 2. The lowest BCUT2D eigenvalue weighted by atomic mass is 10.2. The van der Waals surface area contributed by atoms with E-state index >= 15 is 0 Å². The molecule has 82 valence electrons. The second-order valence-corrected chi connectivity index (χ2v) is 4.26. The Morgan fingerprint density at radius 2 is 2.53 bits per heavy atom. The van der Waals surface area contributed by atoms with Gasteiger partial charge in [-0.2, -0.15) is 10.2 Å². The standard InChI is InChI=1S/C11H18N4/c1-10-7-12-5-6-15(8-10)9-11-3-2-4-13-14-11/h2-4,10,12H,5-9H2,1H3. The van der Waals surface area contributed by atoms with E-state index in [-0.39, 0.29) is 0 Å². The molecule has 0 spiro atoms. The first-order valence-corrected chi connectivity index (χ1v) is 5.54. The van der Waals surface area contributed by atoms with Crippen LogP contribution in [0.15, 0.2) is 18.3 Å². The van der Waals surface area contributed by atoms with Crippen molar-refractivity contribution in [3.8, 4) is 0 Å². The van der Waals surface area contributed by atoms with E-state index in [1.54, 1.807) is 6.20 Å². The molecular formula is C11H18N4. The Morgan fingerprint density at radius 1 is 1.60 bits per heavy atom. The molecule has 1 aromatic heterocycles. The van der Waals surface area contributed by atoms with Crippen LogP contribution in [-0.2, 0) is 6.54 Å². The largest absolute Gasteiger partial charge is 0.315 e. The predicted octanol–water partition coefficient (Wildman–Crippen LogP) is 0.518. The SMILES string of the molecule is CC1CNCCN(Cc2cccnn2)C1. The van der Waals surface area contributed by atoms with Gasteiger partial charge in [0.1, 0.15) is 0 Å². The van der Waals surface area contributed by atoms with E-state index < -0.39 is 0 Å². The zero-order valence-corrected chi connectivity index (χ0v) is 9.19. The van der Waals surface area contributed by atoms with Crippen LogP contribution in [0, 0.1) is 5.92 Å². The summed E-state index contributed by atoms with van der Waals surface area (Å²) in [6, 6.07) is 3.98. The van der Waals surface area contributed by atoms with Crippen molar-refractivity contribution in [3.63, 3.8) is 0 Å². The van der Waals surface area contributed by atoms with Gasteiger partial charge in [0.2, 0.25) is 0 Å². The highest BCUT2D eigenvalue weighted by molar-refractivity contribution is 4.99. The molecule has 1 unspecified atom stereocenters. The van der Waals surface area contributed by atoms with Crippen LogP contribution in [0.25, 0.3) is 0 Å². The topological polar surface area (TPSA) is 41.0 Å². The van der Waals surface area contributed by atoms with E-state index in [0.29, 0.717) is 5.92 Å². The fraction of sp³-hybridized carbons (Fsp3) is 0.636. The molecular weight excluding hydrogens is 188 g/mol. The minimum Gasteiger partial charge on any atom is -0.315 e. The van der Waals surface area contributed by atoms with Crippen molar-refractivity contribution in [1.29, 1.82) is 0 Å². The second kappa shape index (κ2) is 5.19. The average Bonchev–Trinajstić information content (AvgIpc) is 2.44. The number of nitrogens with zero attached hydrogens (tertiary/aromatic N) is 3.